The molecule has 3 nitrogen and oxygen atoms in total. The normalized spacial score (nSPS) is 27.2. The molecule has 0 saturated heterocycles. The van der Waals surface area contributed by atoms with Crippen LogP contribution in [0.15, 0.2) is 11.8 Å². The van der Waals surface area contributed by atoms with Gasteiger partial charge in [-0.15, -0.1) is 0 Å². The lowest BCUT2D eigenvalue weighted by atomic mass is 10.1. The van der Waals surface area contributed by atoms with Crippen molar-refractivity contribution in [2.24, 2.45) is 0 Å². The number of hydrogen-bond donors (Lipinski definition) is 0. The maximum absolute atomic E-state index is 11.2. The molecule has 1 heterocycles. The predicted octanol–water partition coefficient (Wildman–Crippen LogP) is 1.92. The van der Waals surface area contributed by atoms with Crippen LogP contribution in [0, 0.1) is 0 Å². The van der Waals surface area contributed by atoms with E-state index in [0.29, 0.717) is 5.76 Å². The maximum atomic E-state index is 11.2. The fourth-order valence-corrected chi connectivity index (χ4v) is 1.09. The third-order valence-corrected chi connectivity index (χ3v) is 1.64. The molecule has 0 radical (unpaired) electrons. The fourth-order valence-electron chi connectivity index (χ4n) is 1.09. The highest BCUT2D eigenvalue weighted by Gasteiger charge is 2.25. The topological polar surface area (TPSA) is 35.5 Å². The van der Waals surface area contributed by atoms with Gasteiger partial charge in [0.05, 0.1) is 13.2 Å². The molecule has 3 heteroatoms. The molecule has 76 valence electrons. The van der Waals surface area contributed by atoms with E-state index in [9.17, 15) is 4.79 Å². The molecule has 0 N–H and O–H groups in total. The van der Waals surface area contributed by atoms with E-state index >= 15 is 0 Å². The second-order valence-corrected chi connectivity index (χ2v) is 2.58. The van der Waals surface area contributed by atoms with Gasteiger partial charge in [0.1, 0.15) is 6.10 Å². The molecule has 0 amide bonds. The van der Waals surface area contributed by atoms with E-state index in [1.165, 1.54) is 7.11 Å². The van der Waals surface area contributed by atoms with Crippen LogP contribution in [-0.4, -0.2) is 25.1 Å². The van der Waals surface area contributed by atoms with E-state index in [4.69, 9.17) is 9.47 Å². The van der Waals surface area contributed by atoms with E-state index in [1.807, 2.05) is 20.8 Å². The van der Waals surface area contributed by atoms with Crippen molar-refractivity contribution in [2.75, 3.05) is 7.11 Å². The van der Waals surface area contributed by atoms with Gasteiger partial charge in [0, 0.05) is 0 Å². The number of hydrogen-bond acceptors (Lipinski definition) is 3. The molecule has 13 heavy (non-hydrogen) atoms. The minimum atomic E-state index is -0.370. The molecule has 0 aromatic heterocycles. The van der Waals surface area contributed by atoms with Crippen molar-refractivity contribution < 1.29 is 14.3 Å². The van der Waals surface area contributed by atoms with Crippen molar-refractivity contribution in [3.05, 3.63) is 11.8 Å². The second kappa shape index (κ2) is 5.75. The number of ketones is 1. The lowest BCUT2D eigenvalue weighted by Crippen LogP contribution is -2.31. The molecule has 1 rings (SSSR count). The Hall–Kier alpha value is -0.830. The van der Waals surface area contributed by atoms with Crippen LogP contribution in [0.2, 0.25) is 0 Å². The number of carbonyl (C=O) groups excluding carboxylic acids is 1. The van der Waals surface area contributed by atoms with E-state index in [0.717, 1.165) is 0 Å². The SMILES string of the molecule is CC.COC1=CC(C)OC(C)C1=O. The third kappa shape index (κ3) is 3.19. The summed E-state index contributed by atoms with van der Waals surface area (Å²) in [6.45, 7) is 7.60. The summed E-state index contributed by atoms with van der Waals surface area (Å²) in [5, 5.41) is 0. The largest absolute Gasteiger partial charge is 0.493 e. The van der Waals surface area contributed by atoms with Crippen molar-refractivity contribution in [3.63, 3.8) is 0 Å². The Balaban J connectivity index is 0.000000671. The van der Waals surface area contributed by atoms with Crippen LogP contribution < -0.4 is 0 Å². The molecule has 1 aliphatic heterocycles. The lowest BCUT2D eigenvalue weighted by Gasteiger charge is -2.22. The Morgan fingerprint density at radius 1 is 1.38 bits per heavy atom. The monoisotopic (exact) mass is 186 g/mol. The Bertz CT molecular complexity index is 196. The van der Waals surface area contributed by atoms with Gasteiger partial charge in [0.2, 0.25) is 5.78 Å². The molecular weight excluding hydrogens is 168 g/mol. The molecule has 1 aliphatic rings. The molecule has 0 saturated carbocycles. The minimum Gasteiger partial charge on any atom is -0.493 e. The zero-order valence-electron chi connectivity index (χ0n) is 8.96. The van der Waals surface area contributed by atoms with Crippen molar-refractivity contribution in [1.29, 1.82) is 0 Å². The standard InChI is InChI=1S/C8H12O3.C2H6/c1-5-4-7(10-3)8(9)6(2)11-5;1-2/h4-6H,1-3H3;1-2H3. The highest BCUT2D eigenvalue weighted by atomic mass is 16.5. The predicted molar refractivity (Wildman–Crippen MR) is 51.5 cm³/mol. The summed E-state index contributed by atoms with van der Waals surface area (Å²) >= 11 is 0. The van der Waals surface area contributed by atoms with Gasteiger partial charge in [-0.25, -0.2) is 0 Å². The van der Waals surface area contributed by atoms with Gasteiger partial charge in [-0.05, 0) is 19.9 Å². The number of Topliss-reactive ketones (excluding diaryl/α,β-unsaturated/α-hetero) is 1. The van der Waals surface area contributed by atoms with Crippen LogP contribution in [0.5, 0.6) is 0 Å². The molecule has 2 atom stereocenters. The molecule has 0 fully saturated rings. The summed E-state index contributed by atoms with van der Waals surface area (Å²) in [7, 11) is 1.49. The molecule has 0 aromatic carbocycles. The van der Waals surface area contributed by atoms with E-state index in [2.05, 4.69) is 0 Å². The quantitative estimate of drug-likeness (QED) is 0.627. The average Bonchev–Trinajstić information content (AvgIpc) is 2.14. The van der Waals surface area contributed by atoms with Crippen LogP contribution in [0.1, 0.15) is 27.7 Å². The summed E-state index contributed by atoms with van der Waals surface area (Å²) in [5.74, 6) is 0.335. The average molecular weight is 186 g/mol. The van der Waals surface area contributed by atoms with Crippen LogP contribution in [0.25, 0.3) is 0 Å². The number of carbonyl (C=O) groups is 1. The van der Waals surface area contributed by atoms with Crippen LogP contribution in [-0.2, 0) is 14.3 Å². The number of methoxy groups -OCH3 is 1. The van der Waals surface area contributed by atoms with Crippen molar-refractivity contribution >= 4 is 5.78 Å². The molecule has 0 aromatic rings. The van der Waals surface area contributed by atoms with Crippen molar-refractivity contribution in [1.82, 2.24) is 0 Å². The van der Waals surface area contributed by atoms with Gasteiger partial charge in [-0.1, -0.05) is 13.8 Å². The Morgan fingerprint density at radius 2 is 1.92 bits per heavy atom. The molecular formula is C10H18O3. The Morgan fingerprint density at radius 3 is 2.38 bits per heavy atom. The molecule has 2 unspecified atom stereocenters. The number of rotatable bonds is 1. The second-order valence-electron chi connectivity index (χ2n) is 2.58. The van der Waals surface area contributed by atoms with Gasteiger partial charge in [-0.2, -0.15) is 0 Å². The maximum Gasteiger partial charge on any atom is 0.225 e. The summed E-state index contributed by atoms with van der Waals surface area (Å²) in [6, 6.07) is 0. The molecule has 0 bridgehead atoms. The summed E-state index contributed by atoms with van der Waals surface area (Å²) in [6.07, 6.45) is 1.28. The zero-order chi connectivity index (χ0) is 10.4. The van der Waals surface area contributed by atoms with Crippen molar-refractivity contribution in [2.45, 2.75) is 39.9 Å². The summed E-state index contributed by atoms with van der Waals surface area (Å²) in [5.41, 5.74) is 0. The first-order valence-electron chi connectivity index (χ1n) is 4.60. The first kappa shape index (κ1) is 12.2. The van der Waals surface area contributed by atoms with E-state index in [-0.39, 0.29) is 18.0 Å². The van der Waals surface area contributed by atoms with Crippen LogP contribution >= 0.6 is 0 Å². The van der Waals surface area contributed by atoms with Gasteiger partial charge < -0.3 is 9.47 Å². The van der Waals surface area contributed by atoms with Gasteiger partial charge in [0.25, 0.3) is 0 Å². The number of ether oxygens (including phenoxy) is 2. The summed E-state index contributed by atoms with van der Waals surface area (Å²) < 4.78 is 10.1. The van der Waals surface area contributed by atoms with E-state index in [1.54, 1.807) is 13.0 Å². The highest BCUT2D eigenvalue weighted by Crippen LogP contribution is 2.15. The van der Waals surface area contributed by atoms with Crippen molar-refractivity contribution in [3.8, 4) is 0 Å². The molecule has 0 aliphatic carbocycles. The van der Waals surface area contributed by atoms with Gasteiger partial charge in [-0.3, -0.25) is 4.79 Å². The van der Waals surface area contributed by atoms with Crippen LogP contribution in [0.3, 0.4) is 0 Å². The minimum absolute atomic E-state index is 0.0300. The third-order valence-electron chi connectivity index (χ3n) is 1.64. The first-order chi connectivity index (χ1) is 6.15. The smallest absolute Gasteiger partial charge is 0.225 e. The first-order valence-corrected chi connectivity index (χ1v) is 4.60. The van der Waals surface area contributed by atoms with Gasteiger partial charge in [0.15, 0.2) is 5.76 Å². The zero-order valence-corrected chi connectivity index (χ0v) is 8.96. The van der Waals surface area contributed by atoms with E-state index < -0.39 is 0 Å². The Labute approximate surface area is 79.7 Å². The summed E-state index contributed by atoms with van der Waals surface area (Å²) in [4.78, 5) is 11.2. The Kier molecular flexibility index (Phi) is 5.39. The van der Waals surface area contributed by atoms with Crippen LogP contribution in [0.4, 0.5) is 0 Å². The van der Waals surface area contributed by atoms with Gasteiger partial charge >= 0.3 is 0 Å². The highest BCUT2D eigenvalue weighted by molar-refractivity contribution is 5.97. The molecule has 0 spiro atoms. The fraction of sp³-hybridized carbons (Fsp3) is 0.700. The lowest BCUT2D eigenvalue weighted by molar-refractivity contribution is -0.133.